The third-order valence-corrected chi connectivity index (χ3v) is 7.22. The minimum atomic E-state index is -3.73. The Bertz CT molecular complexity index is 1220. The maximum Gasteiger partial charge on any atom is 0.242 e. The Morgan fingerprint density at radius 2 is 1.77 bits per heavy atom. The summed E-state index contributed by atoms with van der Waals surface area (Å²) in [7, 11) is -3.73. The van der Waals surface area contributed by atoms with Crippen LogP contribution in [0.5, 0.6) is 0 Å². The first-order chi connectivity index (χ1) is 14.5. The molecule has 1 aliphatic carbocycles. The number of nitrogens with zero attached hydrogens (tertiary/aromatic N) is 2. The predicted molar refractivity (Wildman–Crippen MR) is 118 cm³/mol. The molecule has 4 rings (SSSR count). The Morgan fingerprint density at radius 3 is 2.53 bits per heavy atom. The van der Waals surface area contributed by atoms with Gasteiger partial charge < -0.3 is 5.32 Å². The van der Waals surface area contributed by atoms with Crippen LogP contribution in [-0.4, -0.2) is 25.5 Å². The van der Waals surface area contributed by atoms with Crippen molar-refractivity contribution in [2.45, 2.75) is 42.7 Å². The molecule has 0 radical (unpaired) electrons. The van der Waals surface area contributed by atoms with Crippen LogP contribution in [0.25, 0.3) is 10.9 Å². The predicted octanol–water partition coefficient (Wildman–Crippen LogP) is 4.46. The van der Waals surface area contributed by atoms with Gasteiger partial charge in [-0.2, -0.15) is 5.26 Å². The molecular weight excluding hydrogens is 420 g/mol. The van der Waals surface area contributed by atoms with Gasteiger partial charge in [-0.1, -0.05) is 23.7 Å². The molecule has 3 aromatic rings. The van der Waals surface area contributed by atoms with Gasteiger partial charge in [0.15, 0.2) is 0 Å². The van der Waals surface area contributed by atoms with Gasteiger partial charge in [0, 0.05) is 34.4 Å². The van der Waals surface area contributed by atoms with E-state index in [1.54, 1.807) is 18.3 Å². The fourth-order valence-electron chi connectivity index (χ4n) is 3.90. The fraction of sp³-hybridized carbons (Fsp3) is 0.273. The van der Waals surface area contributed by atoms with Gasteiger partial charge in [0.05, 0.1) is 16.0 Å². The Morgan fingerprint density at radius 1 is 1.03 bits per heavy atom. The zero-order chi connectivity index (χ0) is 21.1. The molecule has 0 saturated heterocycles. The van der Waals surface area contributed by atoms with Gasteiger partial charge in [0.2, 0.25) is 10.0 Å². The van der Waals surface area contributed by atoms with Crippen molar-refractivity contribution in [3.8, 4) is 6.07 Å². The number of rotatable bonds is 5. The average molecular weight is 441 g/mol. The van der Waals surface area contributed by atoms with E-state index in [0.717, 1.165) is 42.3 Å². The molecule has 0 unspecified atom stereocenters. The first-order valence-electron chi connectivity index (χ1n) is 9.78. The van der Waals surface area contributed by atoms with E-state index in [9.17, 15) is 13.7 Å². The monoisotopic (exact) mass is 440 g/mol. The van der Waals surface area contributed by atoms with Crippen molar-refractivity contribution in [3.05, 3.63) is 65.3 Å². The highest BCUT2D eigenvalue weighted by Crippen LogP contribution is 2.28. The van der Waals surface area contributed by atoms with Crippen molar-refractivity contribution in [3.63, 3.8) is 0 Å². The van der Waals surface area contributed by atoms with Crippen molar-refractivity contribution in [2.75, 3.05) is 5.32 Å². The number of benzene rings is 2. The minimum Gasteiger partial charge on any atom is -0.382 e. The lowest BCUT2D eigenvalue weighted by molar-refractivity contribution is 0.387. The molecule has 0 spiro atoms. The summed E-state index contributed by atoms with van der Waals surface area (Å²) >= 11 is 6.06. The molecule has 8 heteroatoms. The SMILES string of the molecule is N#Cc1ccccc1S(=O)(=O)N[C@H]1CC[C@@H](Nc2ccnc3cc(Cl)ccc23)CC1. The summed E-state index contributed by atoms with van der Waals surface area (Å²) in [5.41, 5.74) is 2.00. The summed E-state index contributed by atoms with van der Waals surface area (Å²) in [5.74, 6) is 0. The number of hydrogen-bond donors (Lipinski definition) is 2. The highest BCUT2D eigenvalue weighted by atomic mass is 35.5. The molecule has 1 aromatic heterocycles. The number of halogens is 1. The largest absolute Gasteiger partial charge is 0.382 e. The molecule has 0 bridgehead atoms. The second kappa shape index (κ2) is 8.60. The van der Waals surface area contributed by atoms with Crippen LogP contribution in [0.4, 0.5) is 5.69 Å². The summed E-state index contributed by atoms with van der Waals surface area (Å²) < 4.78 is 28.2. The van der Waals surface area contributed by atoms with Gasteiger partial charge in [-0.15, -0.1) is 0 Å². The van der Waals surface area contributed by atoms with Crippen LogP contribution in [0.15, 0.2) is 59.6 Å². The van der Waals surface area contributed by atoms with Crippen molar-refractivity contribution < 1.29 is 8.42 Å². The van der Waals surface area contributed by atoms with Crippen LogP contribution in [0.1, 0.15) is 31.2 Å². The van der Waals surface area contributed by atoms with Crippen LogP contribution in [0.2, 0.25) is 5.02 Å². The van der Waals surface area contributed by atoms with E-state index in [1.165, 1.54) is 12.1 Å². The lowest BCUT2D eigenvalue weighted by Gasteiger charge is -2.30. The van der Waals surface area contributed by atoms with Crippen LogP contribution >= 0.6 is 11.6 Å². The van der Waals surface area contributed by atoms with E-state index < -0.39 is 10.0 Å². The van der Waals surface area contributed by atoms with Crippen molar-refractivity contribution >= 4 is 38.2 Å². The summed E-state index contributed by atoms with van der Waals surface area (Å²) in [4.78, 5) is 4.40. The quantitative estimate of drug-likeness (QED) is 0.610. The summed E-state index contributed by atoms with van der Waals surface area (Å²) in [6.45, 7) is 0. The van der Waals surface area contributed by atoms with E-state index in [2.05, 4.69) is 15.0 Å². The molecule has 1 heterocycles. The van der Waals surface area contributed by atoms with E-state index in [1.807, 2.05) is 30.3 Å². The highest BCUT2D eigenvalue weighted by Gasteiger charge is 2.27. The Balaban J connectivity index is 1.41. The van der Waals surface area contributed by atoms with Gasteiger partial charge in [-0.05, 0) is 62.1 Å². The third-order valence-electron chi connectivity index (χ3n) is 5.41. The Hall–Kier alpha value is -2.66. The van der Waals surface area contributed by atoms with E-state index >= 15 is 0 Å². The zero-order valence-electron chi connectivity index (χ0n) is 16.2. The Kier molecular flexibility index (Phi) is 5.91. The number of fused-ring (bicyclic) bond motifs is 1. The lowest BCUT2D eigenvalue weighted by Crippen LogP contribution is -2.40. The zero-order valence-corrected chi connectivity index (χ0v) is 17.7. The average Bonchev–Trinajstić information content (AvgIpc) is 2.75. The minimum absolute atomic E-state index is 0.0367. The molecule has 2 aromatic carbocycles. The number of hydrogen-bond acceptors (Lipinski definition) is 5. The van der Waals surface area contributed by atoms with E-state index in [4.69, 9.17) is 11.6 Å². The molecule has 1 saturated carbocycles. The number of pyridine rings is 1. The number of sulfonamides is 1. The highest BCUT2D eigenvalue weighted by molar-refractivity contribution is 7.89. The van der Waals surface area contributed by atoms with E-state index in [0.29, 0.717) is 5.02 Å². The molecule has 2 N–H and O–H groups in total. The summed E-state index contributed by atoms with van der Waals surface area (Å²) in [6.07, 6.45) is 4.88. The third kappa shape index (κ3) is 4.41. The first-order valence-corrected chi connectivity index (χ1v) is 11.6. The maximum atomic E-state index is 12.7. The van der Waals surface area contributed by atoms with Gasteiger partial charge in [0.1, 0.15) is 6.07 Å². The number of aromatic nitrogens is 1. The molecule has 30 heavy (non-hydrogen) atoms. The first kappa shape index (κ1) is 20.6. The van der Waals surface area contributed by atoms with Gasteiger partial charge in [-0.3, -0.25) is 4.98 Å². The summed E-state index contributed by atoms with van der Waals surface area (Å²) in [5, 5.41) is 14.4. The van der Waals surface area contributed by atoms with Gasteiger partial charge >= 0.3 is 0 Å². The molecular formula is C22H21ClN4O2S. The number of nitrogens with one attached hydrogen (secondary N) is 2. The van der Waals surface area contributed by atoms with Crippen LogP contribution < -0.4 is 10.0 Å². The summed E-state index contributed by atoms with van der Waals surface area (Å²) in [6, 6.07) is 15.9. The molecule has 0 amide bonds. The lowest BCUT2D eigenvalue weighted by atomic mass is 9.91. The van der Waals surface area contributed by atoms with Gasteiger partial charge in [0.25, 0.3) is 0 Å². The van der Waals surface area contributed by atoms with Gasteiger partial charge in [-0.25, -0.2) is 13.1 Å². The number of nitriles is 1. The van der Waals surface area contributed by atoms with Crippen molar-refractivity contribution in [1.82, 2.24) is 9.71 Å². The second-order valence-corrected chi connectivity index (χ2v) is 9.56. The molecule has 0 atom stereocenters. The molecule has 0 aliphatic heterocycles. The fourth-order valence-corrected chi connectivity index (χ4v) is 5.53. The normalized spacial score (nSPS) is 19.3. The second-order valence-electron chi connectivity index (χ2n) is 7.44. The standard InChI is InChI=1S/C22H21ClN4O2S/c23-16-5-10-19-20(11-12-25-21(19)13-16)26-17-6-8-18(9-7-17)27-30(28,29)22-4-2-1-3-15(22)14-24/h1-5,10-13,17-18,27H,6-9H2,(H,25,26)/t17-,18+. The van der Waals surface area contributed by atoms with Crippen molar-refractivity contribution in [1.29, 1.82) is 5.26 Å². The van der Waals surface area contributed by atoms with Crippen LogP contribution in [-0.2, 0) is 10.0 Å². The van der Waals surface area contributed by atoms with Crippen molar-refractivity contribution in [2.24, 2.45) is 0 Å². The molecule has 6 nitrogen and oxygen atoms in total. The number of anilines is 1. The van der Waals surface area contributed by atoms with E-state index in [-0.39, 0.29) is 22.5 Å². The molecule has 1 fully saturated rings. The smallest absolute Gasteiger partial charge is 0.242 e. The molecule has 1 aliphatic rings. The maximum absolute atomic E-state index is 12.7. The molecule has 154 valence electrons. The topological polar surface area (TPSA) is 94.9 Å². The van der Waals surface area contributed by atoms with Crippen LogP contribution in [0, 0.1) is 11.3 Å². The van der Waals surface area contributed by atoms with Crippen LogP contribution in [0.3, 0.4) is 0 Å². The Labute approximate surface area is 180 Å².